The number of carbonyl (C=O) groups is 3. The fraction of sp³-hybridized carbons (Fsp3) is 0.273. The van der Waals surface area contributed by atoms with Crippen LogP contribution in [-0.4, -0.2) is 36.1 Å². The summed E-state index contributed by atoms with van der Waals surface area (Å²) in [5.41, 5.74) is 3.60. The van der Waals surface area contributed by atoms with Crippen molar-refractivity contribution in [1.82, 2.24) is 4.57 Å². The van der Waals surface area contributed by atoms with Crippen molar-refractivity contribution in [3.63, 3.8) is 0 Å². The van der Waals surface area contributed by atoms with E-state index in [-0.39, 0.29) is 13.2 Å². The normalized spacial score (nSPS) is 11.5. The maximum atomic E-state index is 12.8. The van der Waals surface area contributed by atoms with E-state index < -0.39 is 17.8 Å². The van der Waals surface area contributed by atoms with Gasteiger partial charge in [-0.05, 0) is 62.2 Å². The molecule has 3 aromatic rings. The molecule has 1 aromatic heterocycles. The van der Waals surface area contributed by atoms with Crippen LogP contribution in [0.1, 0.15) is 38.8 Å². The summed E-state index contributed by atoms with van der Waals surface area (Å²) in [6.45, 7) is 5.94. The average molecular weight is 426 g/mol. The summed E-state index contributed by atoms with van der Waals surface area (Å²) in [5.74, 6) is -1.34. The van der Waals surface area contributed by atoms with Crippen LogP contribution in [0.25, 0.3) is 10.2 Å². The second-order valence-electron chi connectivity index (χ2n) is 6.69. The fourth-order valence-electron chi connectivity index (χ4n) is 3.10. The minimum absolute atomic E-state index is 0.0376. The Hall–Kier alpha value is -3.26. The van der Waals surface area contributed by atoms with E-state index in [0.717, 1.165) is 21.3 Å². The number of esters is 2. The van der Waals surface area contributed by atoms with Gasteiger partial charge < -0.3 is 14.0 Å². The second kappa shape index (κ2) is 9.04. The van der Waals surface area contributed by atoms with Gasteiger partial charge in [-0.1, -0.05) is 17.4 Å². The Morgan fingerprint density at radius 3 is 2.37 bits per heavy atom. The molecule has 7 nitrogen and oxygen atoms in total. The van der Waals surface area contributed by atoms with Gasteiger partial charge in [-0.25, -0.2) is 4.79 Å². The zero-order chi connectivity index (χ0) is 21.8. The van der Waals surface area contributed by atoms with Gasteiger partial charge in [0.25, 0.3) is 5.91 Å². The highest BCUT2D eigenvalue weighted by atomic mass is 32.1. The third-order valence-corrected chi connectivity index (χ3v) is 5.69. The van der Waals surface area contributed by atoms with E-state index in [1.54, 1.807) is 11.5 Å². The topological polar surface area (TPSA) is 87.0 Å². The molecule has 30 heavy (non-hydrogen) atoms. The lowest BCUT2D eigenvalue weighted by molar-refractivity contribution is -0.143. The van der Waals surface area contributed by atoms with Crippen LogP contribution in [0.15, 0.2) is 41.4 Å². The van der Waals surface area contributed by atoms with Gasteiger partial charge >= 0.3 is 11.9 Å². The zero-order valence-electron chi connectivity index (χ0n) is 17.2. The Bertz CT molecular complexity index is 1190. The number of ether oxygens (including phenoxy) is 2. The molecule has 0 aliphatic heterocycles. The molecule has 0 saturated carbocycles. The van der Waals surface area contributed by atoms with Gasteiger partial charge in [0.05, 0.1) is 29.5 Å². The summed E-state index contributed by atoms with van der Waals surface area (Å²) >= 11 is 1.35. The summed E-state index contributed by atoms with van der Waals surface area (Å²) in [7, 11) is 1.30. The van der Waals surface area contributed by atoms with E-state index in [0.29, 0.717) is 15.9 Å². The SMILES string of the molecule is CCOC(=O)Cn1c(=NC(=O)c2ccc(C(=O)OC)cc2)sc2c(C)cc(C)cc21. The number of methoxy groups -OCH3 is 1. The first-order valence-electron chi connectivity index (χ1n) is 9.37. The number of rotatable bonds is 5. The number of fused-ring (bicyclic) bond motifs is 1. The molecule has 1 heterocycles. The molecule has 0 radical (unpaired) electrons. The lowest BCUT2D eigenvalue weighted by Crippen LogP contribution is -2.23. The van der Waals surface area contributed by atoms with Crippen molar-refractivity contribution in [3.05, 3.63) is 63.5 Å². The third kappa shape index (κ3) is 4.49. The summed E-state index contributed by atoms with van der Waals surface area (Å²) in [5, 5.41) is 0. The van der Waals surface area contributed by atoms with Crippen molar-refractivity contribution in [2.45, 2.75) is 27.3 Å². The van der Waals surface area contributed by atoms with E-state index in [4.69, 9.17) is 4.74 Å². The van der Waals surface area contributed by atoms with Gasteiger partial charge in [-0.3, -0.25) is 9.59 Å². The first-order chi connectivity index (χ1) is 14.3. The molecule has 0 N–H and O–H groups in total. The van der Waals surface area contributed by atoms with Crippen molar-refractivity contribution < 1.29 is 23.9 Å². The van der Waals surface area contributed by atoms with Crippen molar-refractivity contribution in [1.29, 1.82) is 0 Å². The molecular formula is C22H22N2O5S. The Kier molecular flexibility index (Phi) is 6.47. The molecule has 0 fully saturated rings. The summed E-state index contributed by atoms with van der Waals surface area (Å²) in [4.78, 5) is 41.1. The lowest BCUT2D eigenvalue weighted by Gasteiger charge is -2.06. The monoisotopic (exact) mass is 426 g/mol. The lowest BCUT2D eigenvalue weighted by atomic mass is 10.1. The number of nitrogens with zero attached hydrogens (tertiary/aromatic N) is 2. The van der Waals surface area contributed by atoms with E-state index >= 15 is 0 Å². The van der Waals surface area contributed by atoms with Crippen molar-refractivity contribution in [2.24, 2.45) is 4.99 Å². The van der Waals surface area contributed by atoms with Crippen LogP contribution < -0.4 is 4.80 Å². The van der Waals surface area contributed by atoms with Gasteiger partial charge in [0.2, 0.25) is 0 Å². The smallest absolute Gasteiger partial charge is 0.337 e. The second-order valence-corrected chi connectivity index (χ2v) is 7.67. The number of hydrogen-bond donors (Lipinski definition) is 0. The average Bonchev–Trinajstić information content (AvgIpc) is 3.05. The van der Waals surface area contributed by atoms with Crippen molar-refractivity contribution in [3.8, 4) is 0 Å². The predicted molar refractivity (Wildman–Crippen MR) is 114 cm³/mol. The molecule has 0 spiro atoms. The Morgan fingerprint density at radius 1 is 1.07 bits per heavy atom. The van der Waals surface area contributed by atoms with Crippen LogP contribution in [0.5, 0.6) is 0 Å². The largest absolute Gasteiger partial charge is 0.465 e. The van der Waals surface area contributed by atoms with Crippen LogP contribution in [0.3, 0.4) is 0 Å². The zero-order valence-corrected chi connectivity index (χ0v) is 18.0. The van der Waals surface area contributed by atoms with Gasteiger partial charge in [-0.15, -0.1) is 0 Å². The maximum absolute atomic E-state index is 12.8. The number of hydrogen-bond acceptors (Lipinski definition) is 6. The maximum Gasteiger partial charge on any atom is 0.337 e. The number of aromatic nitrogens is 1. The molecule has 0 saturated heterocycles. The Morgan fingerprint density at radius 2 is 1.73 bits per heavy atom. The van der Waals surface area contributed by atoms with E-state index in [1.165, 1.54) is 42.7 Å². The minimum Gasteiger partial charge on any atom is -0.465 e. The molecule has 156 valence electrons. The van der Waals surface area contributed by atoms with Crippen molar-refractivity contribution in [2.75, 3.05) is 13.7 Å². The summed E-state index contributed by atoms with van der Waals surface area (Å²) < 4.78 is 12.4. The molecule has 0 unspecified atom stereocenters. The number of thiazole rings is 1. The van der Waals surface area contributed by atoms with Crippen LogP contribution in [0.4, 0.5) is 0 Å². The molecule has 3 rings (SSSR count). The van der Waals surface area contributed by atoms with E-state index in [9.17, 15) is 14.4 Å². The first-order valence-corrected chi connectivity index (χ1v) is 10.2. The van der Waals surface area contributed by atoms with E-state index in [1.807, 2.05) is 26.0 Å². The van der Waals surface area contributed by atoms with Crippen LogP contribution >= 0.6 is 11.3 Å². The quantitative estimate of drug-likeness (QED) is 0.584. The molecule has 1 amide bonds. The Labute approximate surface area is 177 Å². The molecule has 0 aliphatic carbocycles. The molecule has 8 heteroatoms. The standard InChI is InChI=1S/C22H22N2O5S/c1-5-29-18(25)12-24-17-11-13(2)10-14(3)19(17)30-22(24)23-20(26)15-6-8-16(9-7-15)21(27)28-4/h6-11H,5,12H2,1-4H3. The van der Waals surface area contributed by atoms with Crippen LogP contribution in [0, 0.1) is 13.8 Å². The highest BCUT2D eigenvalue weighted by Crippen LogP contribution is 2.23. The highest BCUT2D eigenvalue weighted by molar-refractivity contribution is 7.16. The molecule has 0 atom stereocenters. The third-order valence-electron chi connectivity index (χ3n) is 4.46. The number of aryl methyl sites for hydroxylation is 2. The predicted octanol–water partition coefficient (Wildman–Crippen LogP) is 3.41. The molecule has 0 aliphatic rings. The van der Waals surface area contributed by atoms with Gasteiger partial charge in [-0.2, -0.15) is 4.99 Å². The Balaban J connectivity index is 2.08. The van der Waals surface area contributed by atoms with Gasteiger partial charge in [0.15, 0.2) is 4.80 Å². The van der Waals surface area contributed by atoms with Gasteiger partial charge in [0, 0.05) is 5.56 Å². The number of carbonyl (C=O) groups excluding carboxylic acids is 3. The number of amides is 1. The molecular weight excluding hydrogens is 404 g/mol. The molecule has 2 aromatic carbocycles. The van der Waals surface area contributed by atoms with Crippen molar-refractivity contribution >= 4 is 39.4 Å². The molecule has 0 bridgehead atoms. The minimum atomic E-state index is -0.478. The fourth-order valence-corrected chi connectivity index (χ4v) is 4.18. The van der Waals surface area contributed by atoms with Crippen LogP contribution in [0.2, 0.25) is 0 Å². The van der Waals surface area contributed by atoms with Gasteiger partial charge in [0.1, 0.15) is 6.54 Å². The highest BCUT2D eigenvalue weighted by Gasteiger charge is 2.15. The number of benzene rings is 2. The first kappa shape index (κ1) is 21.4. The van der Waals surface area contributed by atoms with Crippen LogP contribution in [-0.2, 0) is 20.8 Å². The summed E-state index contributed by atoms with van der Waals surface area (Å²) in [6.07, 6.45) is 0. The summed E-state index contributed by atoms with van der Waals surface area (Å²) in [6, 6.07) is 10.1. The van der Waals surface area contributed by atoms with E-state index in [2.05, 4.69) is 9.73 Å².